The average Bonchev–Trinajstić information content (AvgIpc) is 3.77. The van der Waals surface area contributed by atoms with Gasteiger partial charge in [0.25, 0.3) is 0 Å². The molecule has 57 heavy (non-hydrogen) atoms. The summed E-state index contributed by atoms with van der Waals surface area (Å²) in [5, 5.41) is 12.9. The summed E-state index contributed by atoms with van der Waals surface area (Å²) < 4.78 is 31.4. The number of rotatable bonds is 15. The van der Waals surface area contributed by atoms with Gasteiger partial charge in [-0.15, -0.1) is 0 Å². The number of carbonyl (C=O) groups is 1. The molecule has 296 valence electrons. The Bertz CT molecular complexity index is 2380. The van der Waals surface area contributed by atoms with Crippen molar-refractivity contribution in [3.05, 3.63) is 115 Å². The topological polar surface area (TPSA) is 201 Å². The Balaban J connectivity index is 1.12. The van der Waals surface area contributed by atoms with Gasteiger partial charge in [0.15, 0.2) is 23.1 Å². The molecule has 3 heterocycles. The van der Waals surface area contributed by atoms with Crippen LogP contribution in [0.25, 0.3) is 21.9 Å². The van der Waals surface area contributed by atoms with E-state index in [1.807, 2.05) is 105 Å². The molecular formula is C41H44N7O8P. The summed E-state index contributed by atoms with van der Waals surface area (Å²) >= 11 is 0. The lowest BCUT2D eigenvalue weighted by molar-refractivity contribution is -0.169. The van der Waals surface area contributed by atoms with E-state index in [4.69, 9.17) is 29.2 Å². The van der Waals surface area contributed by atoms with Crippen LogP contribution in [0.4, 0.5) is 5.95 Å². The molecule has 0 saturated carbocycles. The second kappa shape index (κ2) is 16.8. The maximum absolute atomic E-state index is 14.0. The molecule has 1 aliphatic rings. The predicted octanol–water partition coefficient (Wildman–Crippen LogP) is 5.81. The SMILES string of the molecule is COc1nc(N)nc2c1ncn2[C@H]1O[C@H](COc2ccc3ccccc3c2O/[P+]([O-])=N\N[C@](Cc2ccccc2)(C(=O)OCc2ccccc2)C(C)C)C[C@@]1(C)O. The first kappa shape index (κ1) is 39.5. The number of hydrogen-bond acceptors (Lipinski definition) is 13. The third-order valence-corrected chi connectivity index (χ3v) is 10.6. The summed E-state index contributed by atoms with van der Waals surface area (Å²) in [4.78, 5) is 44.8. The number of fused-ring (bicyclic) bond motifs is 2. The number of nitrogens with zero attached hydrogens (tertiary/aromatic N) is 5. The van der Waals surface area contributed by atoms with E-state index < -0.39 is 37.6 Å². The van der Waals surface area contributed by atoms with E-state index in [1.54, 1.807) is 17.6 Å². The zero-order valence-corrected chi connectivity index (χ0v) is 32.8. The van der Waals surface area contributed by atoms with Gasteiger partial charge in [0.2, 0.25) is 17.6 Å². The third-order valence-electron chi connectivity index (χ3n) is 10.0. The Labute approximate surface area is 330 Å². The molecule has 1 fully saturated rings. The quantitative estimate of drug-likeness (QED) is 0.0640. The second-order valence-corrected chi connectivity index (χ2v) is 15.3. The first-order chi connectivity index (χ1) is 27.5. The molecule has 0 spiro atoms. The molecule has 0 amide bonds. The highest BCUT2D eigenvalue weighted by molar-refractivity contribution is 7.34. The van der Waals surface area contributed by atoms with Crippen molar-refractivity contribution in [1.29, 1.82) is 0 Å². The number of imidazole rings is 1. The maximum Gasteiger partial charge on any atom is 0.412 e. The Morgan fingerprint density at radius 3 is 2.49 bits per heavy atom. The minimum atomic E-state index is -2.82. The van der Waals surface area contributed by atoms with E-state index >= 15 is 0 Å². The van der Waals surface area contributed by atoms with Crippen LogP contribution in [0, 0.1) is 5.92 Å². The monoisotopic (exact) mass is 793 g/mol. The lowest BCUT2D eigenvalue weighted by Crippen LogP contribution is -2.56. The van der Waals surface area contributed by atoms with Crippen molar-refractivity contribution in [3.8, 4) is 17.4 Å². The summed E-state index contributed by atoms with van der Waals surface area (Å²) in [5.41, 5.74) is 8.53. The molecule has 4 aromatic carbocycles. The number of carbonyl (C=O) groups excluding carboxylic acids is 1. The number of hydrogen-bond donors (Lipinski definition) is 3. The number of nitrogen functional groups attached to an aromatic ring is 1. The van der Waals surface area contributed by atoms with Crippen molar-refractivity contribution in [3.63, 3.8) is 0 Å². The summed E-state index contributed by atoms with van der Waals surface area (Å²) in [7, 11) is -1.36. The smallest absolute Gasteiger partial charge is 0.412 e. The van der Waals surface area contributed by atoms with Crippen LogP contribution in [-0.2, 0) is 27.3 Å². The summed E-state index contributed by atoms with van der Waals surface area (Å²) in [5.74, 6) is -0.242. The predicted molar refractivity (Wildman–Crippen MR) is 212 cm³/mol. The number of benzene rings is 4. The van der Waals surface area contributed by atoms with Crippen molar-refractivity contribution in [2.75, 3.05) is 19.5 Å². The van der Waals surface area contributed by atoms with Crippen molar-refractivity contribution in [2.24, 2.45) is 10.8 Å². The zero-order valence-electron chi connectivity index (χ0n) is 31.9. The van der Waals surface area contributed by atoms with Crippen LogP contribution in [0.1, 0.15) is 44.5 Å². The molecule has 1 unspecified atom stereocenters. The standard InChI is InChI=1S/C41H44N7O8P/c1-26(2)41(21-27-13-7-5-8-14-27,38(49)54-23-28-15-9-6-10-16-28)46-47-57(51)56-34-31-18-12-11-17-29(31)19-20-32(34)53-24-30-22-40(3,50)37(55-30)48-25-43-33-35(48)44-39(42)45-36(33)52-4/h5-20,25-26,30,37,46,50H,21-24H2,1-4H3,(H2,42,44,45)/t30-,37-,40+,41-/m0/s1. The lowest BCUT2D eigenvalue weighted by atomic mass is 9.81. The van der Waals surface area contributed by atoms with Gasteiger partial charge in [-0.25, -0.2) is 9.78 Å². The van der Waals surface area contributed by atoms with Crippen LogP contribution in [0.15, 0.2) is 108 Å². The fourth-order valence-electron chi connectivity index (χ4n) is 6.96. The first-order valence-electron chi connectivity index (χ1n) is 18.4. The van der Waals surface area contributed by atoms with Gasteiger partial charge in [0.1, 0.15) is 24.4 Å². The summed E-state index contributed by atoms with van der Waals surface area (Å²) in [6.07, 6.45) is 0.422. The molecule has 15 nitrogen and oxygen atoms in total. The first-order valence-corrected chi connectivity index (χ1v) is 19.5. The molecule has 4 N–H and O–H groups in total. The number of nitrogens with two attached hydrogens (primary N) is 1. The molecule has 16 heteroatoms. The van der Waals surface area contributed by atoms with Crippen molar-refractivity contribution in [1.82, 2.24) is 24.9 Å². The van der Waals surface area contributed by atoms with Crippen molar-refractivity contribution >= 4 is 42.0 Å². The number of aromatic nitrogens is 4. The largest absolute Gasteiger partial charge is 0.574 e. The molecule has 1 aliphatic heterocycles. The number of aliphatic hydroxyl groups is 1. The maximum atomic E-state index is 14.0. The average molecular weight is 794 g/mol. The minimum absolute atomic E-state index is 0.00138. The van der Waals surface area contributed by atoms with Crippen LogP contribution in [-0.4, -0.2) is 61.6 Å². The van der Waals surface area contributed by atoms with E-state index in [9.17, 15) is 14.8 Å². The van der Waals surface area contributed by atoms with Gasteiger partial charge in [-0.2, -0.15) is 15.4 Å². The summed E-state index contributed by atoms with van der Waals surface area (Å²) in [6.45, 7) is 5.47. The number of ether oxygens (including phenoxy) is 4. The van der Waals surface area contributed by atoms with Gasteiger partial charge in [0, 0.05) is 23.1 Å². The van der Waals surface area contributed by atoms with E-state index in [1.165, 1.54) is 13.4 Å². The molecule has 2 aromatic heterocycles. The Kier molecular flexibility index (Phi) is 11.7. The van der Waals surface area contributed by atoms with Crippen LogP contribution >= 0.6 is 8.17 Å². The van der Waals surface area contributed by atoms with Gasteiger partial charge < -0.3 is 34.7 Å². The van der Waals surface area contributed by atoms with Crippen LogP contribution in [0.5, 0.6) is 17.4 Å². The molecule has 0 aliphatic carbocycles. The Morgan fingerprint density at radius 2 is 1.77 bits per heavy atom. The fourth-order valence-corrected chi connectivity index (χ4v) is 7.61. The molecule has 1 saturated heterocycles. The van der Waals surface area contributed by atoms with E-state index in [-0.39, 0.29) is 55.3 Å². The highest BCUT2D eigenvalue weighted by Crippen LogP contribution is 2.43. The number of anilines is 1. The zero-order chi connectivity index (χ0) is 40.2. The normalized spacial score (nSPS) is 19.5. The minimum Gasteiger partial charge on any atom is -0.574 e. The van der Waals surface area contributed by atoms with Crippen LogP contribution in [0.2, 0.25) is 0 Å². The molecule has 5 atom stereocenters. The highest BCUT2D eigenvalue weighted by Gasteiger charge is 2.47. The van der Waals surface area contributed by atoms with Gasteiger partial charge in [-0.3, -0.25) is 9.09 Å². The fraction of sp³-hybridized carbons (Fsp3) is 0.317. The Morgan fingerprint density at radius 1 is 1.07 bits per heavy atom. The second-order valence-electron chi connectivity index (χ2n) is 14.4. The molecule has 0 bridgehead atoms. The van der Waals surface area contributed by atoms with Gasteiger partial charge in [0.05, 0.1) is 19.5 Å². The lowest BCUT2D eigenvalue weighted by Gasteiger charge is -2.33. The Hall–Kier alpha value is -5.70. The summed E-state index contributed by atoms with van der Waals surface area (Å²) in [6, 6.07) is 29.9. The van der Waals surface area contributed by atoms with Gasteiger partial charge in [-0.1, -0.05) is 105 Å². The van der Waals surface area contributed by atoms with E-state index in [0.29, 0.717) is 16.6 Å². The van der Waals surface area contributed by atoms with Crippen molar-refractivity contribution in [2.45, 2.75) is 63.7 Å². The van der Waals surface area contributed by atoms with Gasteiger partial charge >= 0.3 is 14.1 Å². The molecule has 6 aromatic rings. The third kappa shape index (κ3) is 8.53. The van der Waals surface area contributed by atoms with Crippen molar-refractivity contribution < 1.29 is 38.3 Å². The van der Waals surface area contributed by atoms with Gasteiger partial charge in [-0.05, 0) is 35.4 Å². The van der Waals surface area contributed by atoms with Crippen LogP contribution < -0.4 is 30.1 Å². The molecular weight excluding hydrogens is 749 g/mol. The molecule has 7 rings (SSSR count). The number of nitrogens with one attached hydrogen (secondary N) is 1. The van der Waals surface area contributed by atoms with Crippen LogP contribution in [0.3, 0.4) is 0 Å². The number of esters is 1. The van der Waals surface area contributed by atoms with E-state index in [2.05, 4.69) is 25.2 Å². The highest BCUT2D eigenvalue weighted by atomic mass is 31.1. The van der Waals surface area contributed by atoms with E-state index in [0.717, 1.165) is 16.5 Å². The number of methoxy groups -OCH3 is 1. The molecule has 0 radical (unpaired) electrons.